The van der Waals surface area contributed by atoms with Gasteiger partial charge in [0.05, 0.1) is 6.54 Å². The first-order valence-corrected chi connectivity index (χ1v) is 7.49. The lowest BCUT2D eigenvalue weighted by molar-refractivity contribution is -0.129. The molecule has 5 heteroatoms. The van der Waals surface area contributed by atoms with E-state index in [0.29, 0.717) is 5.41 Å². The molecule has 1 spiro atoms. The Morgan fingerprint density at radius 3 is 2.21 bits per heavy atom. The lowest BCUT2D eigenvalue weighted by atomic mass is 9.78. The highest BCUT2D eigenvalue weighted by atomic mass is 16.2. The number of nitrogens with zero attached hydrogens (tertiary/aromatic N) is 2. The van der Waals surface area contributed by atoms with E-state index < -0.39 is 0 Å². The van der Waals surface area contributed by atoms with Crippen LogP contribution in [0.3, 0.4) is 0 Å². The van der Waals surface area contributed by atoms with Crippen molar-refractivity contribution < 1.29 is 9.59 Å². The second-order valence-corrected chi connectivity index (χ2v) is 6.31. The summed E-state index contributed by atoms with van der Waals surface area (Å²) in [5.41, 5.74) is 0.427. The maximum absolute atomic E-state index is 11.9. The van der Waals surface area contributed by atoms with E-state index in [4.69, 9.17) is 0 Å². The highest BCUT2D eigenvalue weighted by Gasteiger charge is 2.46. The van der Waals surface area contributed by atoms with Gasteiger partial charge in [-0.1, -0.05) is 12.8 Å². The second-order valence-electron chi connectivity index (χ2n) is 6.31. The topological polar surface area (TPSA) is 52.7 Å². The molecule has 3 rings (SSSR count). The summed E-state index contributed by atoms with van der Waals surface area (Å²) in [6.45, 7) is 3.62. The zero-order valence-corrected chi connectivity index (χ0v) is 11.5. The number of hydrogen-bond acceptors (Lipinski definition) is 2. The molecular formula is C14H23N3O2. The van der Waals surface area contributed by atoms with Gasteiger partial charge in [-0.15, -0.1) is 0 Å². The van der Waals surface area contributed by atoms with Crippen LogP contribution < -0.4 is 5.32 Å². The average Bonchev–Trinajstić information content (AvgIpc) is 3.03. The van der Waals surface area contributed by atoms with Crippen LogP contribution in [0.15, 0.2) is 0 Å². The Hall–Kier alpha value is -1.26. The Balaban J connectivity index is 1.39. The maximum atomic E-state index is 11.9. The van der Waals surface area contributed by atoms with Crippen LogP contribution in [0.25, 0.3) is 0 Å². The van der Waals surface area contributed by atoms with Crippen molar-refractivity contribution in [1.29, 1.82) is 0 Å². The Labute approximate surface area is 114 Å². The predicted molar refractivity (Wildman–Crippen MR) is 71.7 cm³/mol. The van der Waals surface area contributed by atoms with E-state index in [0.717, 1.165) is 39.0 Å². The summed E-state index contributed by atoms with van der Waals surface area (Å²) in [5, 5.41) is 2.76. The molecular weight excluding hydrogens is 242 g/mol. The van der Waals surface area contributed by atoms with Crippen LogP contribution in [-0.2, 0) is 4.79 Å². The van der Waals surface area contributed by atoms with Crippen LogP contribution in [0.5, 0.6) is 0 Å². The number of carbonyl (C=O) groups is 2. The summed E-state index contributed by atoms with van der Waals surface area (Å²) < 4.78 is 0. The minimum atomic E-state index is -0.0647. The number of urea groups is 1. The van der Waals surface area contributed by atoms with Crippen molar-refractivity contribution in [3.63, 3.8) is 0 Å². The van der Waals surface area contributed by atoms with Gasteiger partial charge in [-0.2, -0.15) is 0 Å². The van der Waals surface area contributed by atoms with Gasteiger partial charge in [-0.3, -0.25) is 4.79 Å². The summed E-state index contributed by atoms with van der Waals surface area (Å²) in [7, 11) is 0. The van der Waals surface area contributed by atoms with Crippen molar-refractivity contribution in [1.82, 2.24) is 15.1 Å². The number of rotatable bonds is 2. The van der Waals surface area contributed by atoms with Crippen molar-refractivity contribution in [3.05, 3.63) is 0 Å². The quantitative estimate of drug-likeness (QED) is 0.815. The third kappa shape index (κ3) is 2.55. The van der Waals surface area contributed by atoms with Gasteiger partial charge in [-0.25, -0.2) is 4.79 Å². The third-order valence-electron chi connectivity index (χ3n) is 4.85. The molecule has 2 saturated heterocycles. The number of likely N-dealkylation sites (tertiary alicyclic amines) is 2. The highest BCUT2D eigenvalue weighted by molar-refractivity contribution is 5.84. The van der Waals surface area contributed by atoms with Crippen molar-refractivity contribution in [2.75, 3.05) is 32.7 Å². The zero-order chi connectivity index (χ0) is 13.3. The van der Waals surface area contributed by atoms with Crippen molar-refractivity contribution in [2.45, 2.75) is 38.5 Å². The van der Waals surface area contributed by atoms with E-state index in [1.165, 1.54) is 25.7 Å². The van der Waals surface area contributed by atoms with Crippen molar-refractivity contribution in [3.8, 4) is 0 Å². The molecule has 5 nitrogen and oxygen atoms in total. The first-order valence-electron chi connectivity index (χ1n) is 7.49. The Morgan fingerprint density at radius 1 is 0.947 bits per heavy atom. The molecule has 2 aliphatic heterocycles. The van der Waals surface area contributed by atoms with Crippen LogP contribution in [0.4, 0.5) is 4.79 Å². The fourth-order valence-corrected chi connectivity index (χ4v) is 3.69. The van der Waals surface area contributed by atoms with Gasteiger partial charge in [0, 0.05) is 31.6 Å². The van der Waals surface area contributed by atoms with Gasteiger partial charge < -0.3 is 15.1 Å². The molecule has 1 saturated carbocycles. The summed E-state index contributed by atoms with van der Waals surface area (Å²) in [6.07, 6.45) is 7.33. The first-order chi connectivity index (χ1) is 9.19. The Bertz CT molecular complexity index is 363. The number of nitrogens with one attached hydrogen (secondary N) is 1. The number of hydrogen-bond donors (Lipinski definition) is 1. The smallest absolute Gasteiger partial charge is 0.317 e. The van der Waals surface area contributed by atoms with Gasteiger partial charge in [0.2, 0.25) is 5.91 Å². The van der Waals surface area contributed by atoms with E-state index in [1.54, 1.807) is 0 Å². The second kappa shape index (κ2) is 5.02. The van der Waals surface area contributed by atoms with Crippen LogP contribution in [0.1, 0.15) is 38.5 Å². The molecule has 3 aliphatic rings. The summed E-state index contributed by atoms with van der Waals surface area (Å²) in [5.74, 6) is 0.0574. The van der Waals surface area contributed by atoms with E-state index >= 15 is 0 Å². The molecule has 2 heterocycles. The van der Waals surface area contributed by atoms with Gasteiger partial charge in [-0.05, 0) is 25.7 Å². The predicted octanol–water partition coefficient (Wildman–Crippen LogP) is 1.19. The Kier molecular flexibility index (Phi) is 3.37. The lowest BCUT2D eigenvalue weighted by Crippen LogP contribution is -2.60. The van der Waals surface area contributed by atoms with Gasteiger partial charge >= 0.3 is 6.03 Å². The number of carbonyl (C=O) groups excluding carboxylic acids is 2. The molecule has 3 fully saturated rings. The molecule has 0 aromatic heterocycles. The van der Waals surface area contributed by atoms with Crippen LogP contribution in [-0.4, -0.2) is 54.5 Å². The minimum absolute atomic E-state index is 0.0574. The fourth-order valence-electron chi connectivity index (χ4n) is 3.69. The molecule has 1 aliphatic carbocycles. The molecule has 19 heavy (non-hydrogen) atoms. The minimum Gasteiger partial charge on any atom is -0.341 e. The van der Waals surface area contributed by atoms with Gasteiger partial charge in [0.15, 0.2) is 0 Å². The van der Waals surface area contributed by atoms with Crippen molar-refractivity contribution >= 4 is 11.9 Å². The SMILES string of the molecule is O=C(CNC(=O)N1CC2(CCCC2)C1)N1CCCC1. The summed E-state index contributed by atoms with van der Waals surface area (Å²) in [4.78, 5) is 27.4. The van der Waals surface area contributed by atoms with Crippen LogP contribution >= 0.6 is 0 Å². The summed E-state index contributed by atoms with van der Waals surface area (Å²) in [6, 6.07) is -0.0647. The average molecular weight is 265 g/mol. The van der Waals surface area contributed by atoms with E-state index in [9.17, 15) is 9.59 Å². The first kappa shape index (κ1) is 12.8. The molecule has 0 atom stereocenters. The monoisotopic (exact) mass is 265 g/mol. The number of amides is 3. The van der Waals surface area contributed by atoms with E-state index in [1.807, 2.05) is 9.80 Å². The van der Waals surface area contributed by atoms with Gasteiger partial charge in [0.1, 0.15) is 0 Å². The van der Waals surface area contributed by atoms with E-state index in [-0.39, 0.29) is 18.5 Å². The third-order valence-corrected chi connectivity index (χ3v) is 4.85. The molecule has 0 unspecified atom stereocenters. The van der Waals surface area contributed by atoms with Crippen molar-refractivity contribution in [2.24, 2.45) is 5.41 Å². The Morgan fingerprint density at radius 2 is 1.58 bits per heavy atom. The molecule has 0 radical (unpaired) electrons. The normalized spacial score (nSPS) is 24.6. The molecule has 0 aromatic rings. The molecule has 106 valence electrons. The molecule has 1 N–H and O–H groups in total. The van der Waals surface area contributed by atoms with Gasteiger partial charge in [0.25, 0.3) is 0 Å². The molecule has 0 aromatic carbocycles. The zero-order valence-electron chi connectivity index (χ0n) is 11.5. The molecule has 3 amide bonds. The molecule has 0 bridgehead atoms. The van der Waals surface area contributed by atoms with Crippen LogP contribution in [0.2, 0.25) is 0 Å². The standard InChI is InChI=1S/C14H23N3O2/c18-12(16-7-3-4-8-16)9-15-13(19)17-10-14(11-17)5-1-2-6-14/h1-11H2,(H,15,19). The summed E-state index contributed by atoms with van der Waals surface area (Å²) >= 11 is 0. The highest BCUT2D eigenvalue weighted by Crippen LogP contribution is 2.45. The van der Waals surface area contributed by atoms with E-state index in [2.05, 4.69) is 5.32 Å². The van der Waals surface area contributed by atoms with Crippen LogP contribution in [0, 0.1) is 5.41 Å². The maximum Gasteiger partial charge on any atom is 0.317 e. The lowest BCUT2D eigenvalue weighted by Gasteiger charge is -2.48. The largest absolute Gasteiger partial charge is 0.341 e. The fraction of sp³-hybridized carbons (Fsp3) is 0.857.